The van der Waals surface area contributed by atoms with Crippen LogP contribution in [0.2, 0.25) is 0 Å². The van der Waals surface area contributed by atoms with E-state index in [9.17, 15) is 5.11 Å². The zero-order valence-electron chi connectivity index (χ0n) is 9.71. The molecule has 1 N–H and O–H groups in total. The van der Waals surface area contributed by atoms with Crippen molar-refractivity contribution in [3.8, 4) is 0 Å². The molecule has 1 heteroatoms. The van der Waals surface area contributed by atoms with Crippen LogP contribution in [0.5, 0.6) is 0 Å². The molecule has 0 aliphatic heterocycles. The van der Waals surface area contributed by atoms with Crippen LogP contribution < -0.4 is 0 Å². The van der Waals surface area contributed by atoms with E-state index in [1.807, 2.05) is 0 Å². The summed E-state index contributed by atoms with van der Waals surface area (Å²) in [5.74, 6) is 2.08. The molecule has 1 nitrogen and oxygen atoms in total. The summed E-state index contributed by atoms with van der Waals surface area (Å²) in [6.07, 6.45) is 9.01. The normalized spacial score (nSPS) is 35.6. The van der Waals surface area contributed by atoms with Crippen LogP contribution in [0.15, 0.2) is 23.8 Å². The molecule has 2 aliphatic carbocycles. The molecular formula is C14H22O. The van der Waals surface area contributed by atoms with E-state index in [2.05, 4.69) is 19.6 Å². The Bertz CT molecular complexity index is 277. The molecule has 2 unspecified atom stereocenters. The van der Waals surface area contributed by atoms with Gasteiger partial charge < -0.3 is 5.11 Å². The largest absolute Gasteiger partial charge is 0.392 e. The summed E-state index contributed by atoms with van der Waals surface area (Å²) in [5, 5.41) is 9.22. The second kappa shape index (κ2) is 4.52. The molecule has 3 atom stereocenters. The molecule has 0 aromatic carbocycles. The highest BCUT2D eigenvalue weighted by Crippen LogP contribution is 2.44. The molecule has 0 radical (unpaired) electrons. The van der Waals surface area contributed by atoms with Gasteiger partial charge in [-0.2, -0.15) is 0 Å². The van der Waals surface area contributed by atoms with Crippen molar-refractivity contribution < 1.29 is 5.11 Å². The van der Waals surface area contributed by atoms with Crippen LogP contribution >= 0.6 is 0 Å². The average molecular weight is 206 g/mol. The molecule has 0 aromatic rings. The number of hydrogen-bond donors (Lipinski definition) is 1. The van der Waals surface area contributed by atoms with Gasteiger partial charge in [-0.25, -0.2) is 0 Å². The number of aliphatic hydroxyl groups is 1. The number of rotatable bonds is 2. The fourth-order valence-electron chi connectivity index (χ4n) is 3.32. The van der Waals surface area contributed by atoms with Crippen LogP contribution in [0.3, 0.4) is 0 Å². The highest BCUT2D eigenvalue weighted by atomic mass is 16.3. The van der Waals surface area contributed by atoms with Crippen molar-refractivity contribution in [3.63, 3.8) is 0 Å². The van der Waals surface area contributed by atoms with Crippen molar-refractivity contribution in [3.05, 3.63) is 23.8 Å². The molecule has 15 heavy (non-hydrogen) atoms. The summed E-state index contributed by atoms with van der Waals surface area (Å²) >= 11 is 0. The van der Waals surface area contributed by atoms with Crippen molar-refractivity contribution in [2.75, 3.05) is 6.61 Å². The maximum atomic E-state index is 9.22. The Morgan fingerprint density at radius 3 is 3.00 bits per heavy atom. The predicted molar refractivity (Wildman–Crippen MR) is 63.5 cm³/mol. The van der Waals surface area contributed by atoms with Crippen molar-refractivity contribution in [1.82, 2.24) is 0 Å². The third-order valence-corrected chi connectivity index (χ3v) is 4.21. The van der Waals surface area contributed by atoms with Crippen LogP contribution in [0.1, 0.15) is 39.0 Å². The molecule has 0 heterocycles. The Kier molecular flexibility index (Phi) is 3.30. The molecule has 0 amide bonds. The van der Waals surface area contributed by atoms with Gasteiger partial charge in [0.25, 0.3) is 0 Å². The van der Waals surface area contributed by atoms with Gasteiger partial charge in [-0.1, -0.05) is 24.6 Å². The highest BCUT2D eigenvalue weighted by Gasteiger charge is 2.34. The monoisotopic (exact) mass is 206 g/mol. The maximum Gasteiger partial charge on any atom is 0.0642 e. The highest BCUT2D eigenvalue weighted by molar-refractivity contribution is 5.16. The minimum atomic E-state index is 0.167. The molecule has 1 saturated carbocycles. The third kappa shape index (κ3) is 2.17. The topological polar surface area (TPSA) is 20.2 Å². The van der Waals surface area contributed by atoms with E-state index >= 15 is 0 Å². The van der Waals surface area contributed by atoms with Crippen molar-refractivity contribution in [2.24, 2.45) is 17.8 Å². The first kappa shape index (κ1) is 10.9. The second-order valence-electron chi connectivity index (χ2n) is 5.24. The Hall–Kier alpha value is -0.560. The van der Waals surface area contributed by atoms with Crippen LogP contribution in [-0.4, -0.2) is 11.7 Å². The minimum absolute atomic E-state index is 0.167. The van der Waals surface area contributed by atoms with E-state index in [1.165, 1.54) is 37.7 Å². The van der Waals surface area contributed by atoms with E-state index in [4.69, 9.17) is 0 Å². The van der Waals surface area contributed by atoms with Gasteiger partial charge >= 0.3 is 0 Å². The van der Waals surface area contributed by atoms with Crippen molar-refractivity contribution >= 4 is 0 Å². The molecule has 1 fully saturated rings. The molecule has 84 valence electrons. The number of fused-ring (bicyclic) bond motifs is 1. The Balaban J connectivity index is 2.17. The van der Waals surface area contributed by atoms with E-state index in [1.54, 1.807) is 0 Å². The smallest absolute Gasteiger partial charge is 0.0642 e. The van der Waals surface area contributed by atoms with Gasteiger partial charge in [0.1, 0.15) is 0 Å². The quantitative estimate of drug-likeness (QED) is 0.687. The molecular weight excluding hydrogens is 184 g/mol. The summed E-state index contributed by atoms with van der Waals surface area (Å²) < 4.78 is 0. The summed E-state index contributed by atoms with van der Waals surface area (Å²) in [5.41, 5.74) is 2.59. The summed E-state index contributed by atoms with van der Waals surface area (Å²) in [6, 6.07) is 0. The molecule has 0 bridgehead atoms. The maximum absolute atomic E-state index is 9.22. The van der Waals surface area contributed by atoms with Crippen LogP contribution in [-0.2, 0) is 0 Å². The standard InChI is InChI=1S/C14H22O/c1-10-6-7-12-4-3-5-13(11(2)9-15)14(12)8-10/h8,12-15H,2-7,9H2,1H3/t12?,13-,14?/m0/s1. The lowest BCUT2D eigenvalue weighted by Gasteiger charge is -2.40. The van der Waals surface area contributed by atoms with Gasteiger partial charge in [0.05, 0.1) is 6.61 Å². The SMILES string of the molecule is C=C(CO)[C@@H]1CCCC2CCC(C)=CC21. The summed E-state index contributed by atoms with van der Waals surface area (Å²) in [6.45, 7) is 6.44. The third-order valence-electron chi connectivity index (χ3n) is 4.21. The number of allylic oxidation sites excluding steroid dienone is 2. The van der Waals surface area contributed by atoms with Crippen molar-refractivity contribution in [2.45, 2.75) is 39.0 Å². The second-order valence-corrected chi connectivity index (χ2v) is 5.24. The molecule has 0 aromatic heterocycles. The van der Waals surface area contributed by atoms with E-state index in [0.29, 0.717) is 11.8 Å². The summed E-state index contributed by atoms with van der Waals surface area (Å²) in [7, 11) is 0. The average Bonchev–Trinajstić information content (AvgIpc) is 2.27. The van der Waals surface area contributed by atoms with Gasteiger partial charge in [-0.3, -0.25) is 0 Å². The number of hydrogen-bond acceptors (Lipinski definition) is 1. The van der Waals surface area contributed by atoms with E-state index in [-0.39, 0.29) is 6.61 Å². The van der Waals surface area contributed by atoms with E-state index < -0.39 is 0 Å². The van der Waals surface area contributed by atoms with Gasteiger partial charge in [-0.05, 0) is 55.9 Å². The zero-order chi connectivity index (χ0) is 10.8. The Morgan fingerprint density at radius 2 is 2.27 bits per heavy atom. The predicted octanol–water partition coefficient (Wildman–Crippen LogP) is 3.31. The first-order valence-electron chi connectivity index (χ1n) is 6.18. The summed E-state index contributed by atoms with van der Waals surface area (Å²) in [4.78, 5) is 0. The molecule has 0 spiro atoms. The fraction of sp³-hybridized carbons (Fsp3) is 0.714. The first-order chi connectivity index (χ1) is 7.22. The molecule has 2 aliphatic rings. The van der Waals surface area contributed by atoms with Crippen LogP contribution in [0.25, 0.3) is 0 Å². The number of aliphatic hydroxyl groups excluding tert-OH is 1. The lowest BCUT2D eigenvalue weighted by molar-refractivity contribution is 0.183. The Labute approximate surface area is 92.9 Å². The van der Waals surface area contributed by atoms with Gasteiger partial charge in [0, 0.05) is 0 Å². The zero-order valence-corrected chi connectivity index (χ0v) is 9.71. The molecule has 2 rings (SSSR count). The lowest BCUT2D eigenvalue weighted by atomic mass is 9.65. The first-order valence-corrected chi connectivity index (χ1v) is 6.18. The fourth-order valence-corrected chi connectivity index (χ4v) is 3.32. The van der Waals surface area contributed by atoms with E-state index in [0.717, 1.165) is 11.5 Å². The van der Waals surface area contributed by atoms with Gasteiger partial charge in [0.15, 0.2) is 0 Å². The van der Waals surface area contributed by atoms with Crippen LogP contribution in [0, 0.1) is 17.8 Å². The molecule has 0 saturated heterocycles. The van der Waals surface area contributed by atoms with Crippen LogP contribution in [0.4, 0.5) is 0 Å². The van der Waals surface area contributed by atoms with Gasteiger partial charge in [-0.15, -0.1) is 0 Å². The van der Waals surface area contributed by atoms with Gasteiger partial charge in [0.2, 0.25) is 0 Å². The Morgan fingerprint density at radius 1 is 1.47 bits per heavy atom. The van der Waals surface area contributed by atoms with Crippen molar-refractivity contribution in [1.29, 1.82) is 0 Å². The lowest BCUT2D eigenvalue weighted by Crippen LogP contribution is -2.31. The minimum Gasteiger partial charge on any atom is -0.392 e.